The van der Waals surface area contributed by atoms with Gasteiger partial charge in [0.1, 0.15) is 18.1 Å². The zero-order valence-electron chi connectivity index (χ0n) is 14.0. The maximum atomic E-state index is 5.85. The summed E-state index contributed by atoms with van der Waals surface area (Å²) in [5, 5.41) is 8.48. The minimum absolute atomic E-state index is 0.322. The molecule has 1 heterocycles. The number of thioether (sulfide) groups is 1. The van der Waals surface area contributed by atoms with Crippen molar-refractivity contribution in [1.29, 1.82) is 0 Å². The van der Waals surface area contributed by atoms with Crippen LogP contribution in [0.15, 0.2) is 47.6 Å². The van der Waals surface area contributed by atoms with Gasteiger partial charge >= 0.3 is 0 Å². The summed E-state index contributed by atoms with van der Waals surface area (Å²) in [6.07, 6.45) is 0. The molecule has 0 aliphatic carbocycles. The number of methoxy groups -OCH3 is 1. The third-order valence-corrected chi connectivity index (χ3v) is 4.64. The molecule has 0 saturated carbocycles. The molecule has 0 spiro atoms. The Labute approximate surface area is 155 Å². The number of aryl methyl sites for hydroxylation is 1. The Morgan fingerprint density at radius 1 is 1.16 bits per heavy atom. The third kappa shape index (κ3) is 4.90. The largest absolute Gasteiger partial charge is 0.496 e. The van der Waals surface area contributed by atoms with Gasteiger partial charge in [-0.15, -0.1) is 5.10 Å². The van der Waals surface area contributed by atoms with Crippen molar-refractivity contribution in [3.8, 4) is 11.5 Å². The summed E-state index contributed by atoms with van der Waals surface area (Å²) >= 11 is 7.40. The predicted octanol–water partition coefficient (Wildman–Crippen LogP) is 4.65. The van der Waals surface area contributed by atoms with Gasteiger partial charge < -0.3 is 9.47 Å². The van der Waals surface area contributed by atoms with Crippen LogP contribution in [-0.4, -0.2) is 22.3 Å². The first kappa shape index (κ1) is 17.6. The number of rotatable bonds is 7. The molecular formula is C18H18ClN3O2S. The van der Waals surface area contributed by atoms with E-state index in [9.17, 15) is 0 Å². The van der Waals surface area contributed by atoms with Crippen molar-refractivity contribution in [2.24, 2.45) is 0 Å². The molecule has 7 heteroatoms. The summed E-state index contributed by atoms with van der Waals surface area (Å²) < 4.78 is 11.1. The van der Waals surface area contributed by atoms with E-state index < -0.39 is 0 Å². The molecule has 5 nitrogen and oxygen atoms in total. The summed E-state index contributed by atoms with van der Waals surface area (Å²) in [5.41, 5.74) is 2.32. The fourth-order valence-corrected chi connectivity index (χ4v) is 3.17. The van der Waals surface area contributed by atoms with Crippen LogP contribution in [0.3, 0.4) is 0 Å². The van der Waals surface area contributed by atoms with Gasteiger partial charge in [0.15, 0.2) is 5.82 Å². The van der Waals surface area contributed by atoms with Crippen molar-refractivity contribution in [2.75, 3.05) is 7.11 Å². The molecule has 0 radical (unpaired) electrons. The van der Waals surface area contributed by atoms with Crippen LogP contribution in [0, 0.1) is 6.92 Å². The Bertz CT molecular complexity index is 837. The summed E-state index contributed by atoms with van der Waals surface area (Å²) in [6.45, 7) is 2.38. The highest BCUT2D eigenvalue weighted by atomic mass is 35.5. The van der Waals surface area contributed by atoms with Crippen molar-refractivity contribution < 1.29 is 9.47 Å². The number of halogens is 1. The number of ether oxygens (including phenoxy) is 2. The van der Waals surface area contributed by atoms with Crippen molar-refractivity contribution in [3.05, 3.63) is 64.4 Å². The van der Waals surface area contributed by atoms with E-state index >= 15 is 0 Å². The molecule has 3 aromatic rings. The summed E-state index contributed by atoms with van der Waals surface area (Å²) in [7, 11) is 1.68. The molecule has 0 atom stereocenters. The number of hydrogen-bond acceptors (Lipinski definition) is 5. The van der Waals surface area contributed by atoms with Crippen molar-refractivity contribution in [1.82, 2.24) is 15.2 Å². The molecule has 1 aromatic heterocycles. The number of nitrogens with one attached hydrogen (secondary N) is 1. The second-order valence-electron chi connectivity index (χ2n) is 5.41. The molecule has 0 unspecified atom stereocenters. The zero-order chi connectivity index (χ0) is 17.6. The van der Waals surface area contributed by atoms with E-state index in [1.54, 1.807) is 31.0 Å². The van der Waals surface area contributed by atoms with Gasteiger partial charge in [0, 0.05) is 16.3 Å². The van der Waals surface area contributed by atoms with Crippen molar-refractivity contribution >= 4 is 23.4 Å². The van der Waals surface area contributed by atoms with Crippen molar-refractivity contribution in [2.45, 2.75) is 24.4 Å². The smallest absolute Gasteiger partial charge is 0.208 e. The molecule has 0 amide bonds. The molecule has 0 fully saturated rings. The Morgan fingerprint density at radius 2 is 1.96 bits per heavy atom. The number of aromatic amines is 1. The molecule has 25 heavy (non-hydrogen) atoms. The van der Waals surface area contributed by atoms with Gasteiger partial charge in [0.25, 0.3) is 0 Å². The van der Waals surface area contributed by atoms with E-state index in [0.717, 1.165) is 22.8 Å². The molecule has 2 aromatic carbocycles. The van der Waals surface area contributed by atoms with Gasteiger partial charge in [0.05, 0.1) is 7.11 Å². The Balaban J connectivity index is 1.56. The van der Waals surface area contributed by atoms with E-state index in [2.05, 4.69) is 28.2 Å². The van der Waals surface area contributed by atoms with Crippen LogP contribution in [0.25, 0.3) is 0 Å². The minimum Gasteiger partial charge on any atom is -0.496 e. The molecular weight excluding hydrogens is 358 g/mol. The molecule has 1 N–H and O–H groups in total. The first-order chi connectivity index (χ1) is 12.1. The quantitative estimate of drug-likeness (QED) is 0.609. The lowest BCUT2D eigenvalue weighted by Gasteiger charge is -2.08. The van der Waals surface area contributed by atoms with E-state index in [1.165, 1.54) is 5.56 Å². The van der Waals surface area contributed by atoms with Gasteiger partial charge in [-0.2, -0.15) is 0 Å². The van der Waals surface area contributed by atoms with E-state index in [1.807, 2.05) is 24.3 Å². The molecule has 0 bridgehead atoms. The summed E-state index contributed by atoms with van der Waals surface area (Å²) in [4.78, 5) is 4.44. The average Bonchev–Trinajstić information content (AvgIpc) is 3.07. The van der Waals surface area contributed by atoms with E-state index in [0.29, 0.717) is 22.6 Å². The van der Waals surface area contributed by atoms with Crippen LogP contribution in [0.1, 0.15) is 17.0 Å². The second kappa shape index (κ2) is 8.27. The predicted molar refractivity (Wildman–Crippen MR) is 99.5 cm³/mol. The van der Waals surface area contributed by atoms with Gasteiger partial charge in [-0.3, -0.25) is 5.10 Å². The van der Waals surface area contributed by atoms with Crippen molar-refractivity contribution in [3.63, 3.8) is 0 Å². The van der Waals surface area contributed by atoms with E-state index in [-0.39, 0.29) is 0 Å². The third-order valence-electron chi connectivity index (χ3n) is 3.49. The van der Waals surface area contributed by atoms with Gasteiger partial charge in [-0.1, -0.05) is 41.1 Å². The lowest BCUT2D eigenvalue weighted by molar-refractivity contribution is 0.296. The Kier molecular flexibility index (Phi) is 5.83. The second-order valence-corrected chi connectivity index (χ2v) is 6.79. The highest BCUT2D eigenvalue weighted by molar-refractivity contribution is 7.98. The Morgan fingerprint density at radius 3 is 2.72 bits per heavy atom. The molecule has 0 aliphatic rings. The fraction of sp³-hybridized carbons (Fsp3) is 0.222. The highest BCUT2D eigenvalue weighted by Crippen LogP contribution is 2.27. The maximum Gasteiger partial charge on any atom is 0.208 e. The lowest BCUT2D eigenvalue weighted by atomic mass is 10.1. The van der Waals surface area contributed by atoms with Crippen LogP contribution in [0.4, 0.5) is 0 Å². The zero-order valence-corrected chi connectivity index (χ0v) is 15.5. The first-order valence-electron chi connectivity index (χ1n) is 7.70. The van der Waals surface area contributed by atoms with Gasteiger partial charge in [-0.25, -0.2) is 4.98 Å². The minimum atomic E-state index is 0.322. The first-order valence-corrected chi connectivity index (χ1v) is 9.06. The van der Waals surface area contributed by atoms with Gasteiger partial charge in [0.2, 0.25) is 5.16 Å². The average molecular weight is 376 g/mol. The number of hydrogen-bond donors (Lipinski definition) is 1. The van der Waals surface area contributed by atoms with Gasteiger partial charge in [-0.05, 0) is 37.3 Å². The summed E-state index contributed by atoms with van der Waals surface area (Å²) in [6, 6.07) is 13.3. The van der Waals surface area contributed by atoms with Crippen LogP contribution < -0.4 is 9.47 Å². The van der Waals surface area contributed by atoms with E-state index in [4.69, 9.17) is 21.1 Å². The van der Waals surface area contributed by atoms with Crippen LogP contribution in [-0.2, 0) is 12.4 Å². The standard InChI is InChI=1S/C18H18ClN3O2S/c1-12-3-8-16(23-2)13(9-12)11-25-18-20-17(21-22-18)10-24-15-6-4-14(19)5-7-15/h3-9H,10-11H2,1-2H3,(H,20,21,22). The monoisotopic (exact) mass is 375 g/mol. The normalized spacial score (nSPS) is 10.7. The Hall–Kier alpha value is -2.18. The molecule has 3 rings (SSSR count). The molecule has 0 saturated heterocycles. The topological polar surface area (TPSA) is 60.0 Å². The maximum absolute atomic E-state index is 5.85. The molecule has 0 aliphatic heterocycles. The summed E-state index contributed by atoms with van der Waals surface area (Å²) in [5.74, 6) is 3.02. The lowest BCUT2D eigenvalue weighted by Crippen LogP contribution is -1.97. The number of benzene rings is 2. The van der Waals surface area contributed by atoms with Crippen LogP contribution in [0.2, 0.25) is 5.02 Å². The number of nitrogens with zero attached hydrogens (tertiary/aromatic N) is 2. The SMILES string of the molecule is COc1ccc(C)cc1CSc1n[nH]c(COc2ccc(Cl)cc2)n1. The number of H-pyrrole nitrogens is 1. The van der Waals surface area contributed by atoms with Crippen LogP contribution in [0.5, 0.6) is 11.5 Å². The fourth-order valence-electron chi connectivity index (χ4n) is 2.25. The number of aromatic nitrogens is 3. The highest BCUT2D eigenvalue weighted by Gasteiger charge is 2.08. The van der Waals surface area contributed by atoms with Crippen LogP contribution >= 0.6 is 23.4 Å². The molecule has 130 valence electrons.